The molecule has 2 aliphatic carbocycles. The molecule has 0 spiro atoms. The quantitative estimate of drug-likeness (QED) is 0.474. The molecule has 2 saturated carbocycles. The Morgan fingerprint density at radius 2 is 1.91 bits per heavy atom. The molecule has 6 atom stereocenters. The number of fused-ring (bicyclic) bond motifs is 3. The van der Waals surface area contributed by atoms with E-state index in [9.17, 15) is 9.59 Å². The first-order chi connectivity index (χ1) is 16.3. The molecule has 4 aliphatic rings. The van der Waals surface area contributed by atoms with Crippen molar-refractivity contribution in [1.82, 2.24) is 5.32 Å². The summed E-state index contributed by atoms with van der Waals surface area (Å²) in [5, 5.41) is 3.66. The minimum atomic E-state index is -0.542. The summed E-state index contributed by atoms with van der Waals surface area (Å²) in [4.78, 5) is 24.4. The van der Waals surface area contributed by atoms with Gasteiger partial charge in [0.25, 0.3) is 0 Å². The lowest BCUT2D eigenvalue weighted by atomic mass is 9.45. The molecule has 34 heavy (non-hydrogen) atoms. The Kier molecular flexibility index (Phi) is 6.05. The molecule has 0 bridgehead atoms. The van der Waals surface area contributed by atoms with Gasteiger partial charge in [-0.3, -0.25) is 0 Å². The smallest absolute Gasteiger partial charge is 0.458 e. The van der Waals surface area contributed by atoms with Crippen molar-refractivity contribution in [1.29, 1.82) is 0 Å². The number of esters is 1. The summed E-state index contributed by atoms with van der Waals surface area (Å²) in [5.74, 6) is 0.364. The van der Waals surface area contributed by atoms with Crippen LogP contribution in [0.3, 0.4) is 0 Å². The summed E-state index contributed by atoms with van der Waals surface area (Å²) in [5.41, 5.74) is 2.94. The second-order valence-electron chi connectivity index (χ2n) is 10.9. The topological polar surface area (TPSA) is 73.9 Å². The van der Waals surface area contributed by atoms with E-state index in [-0.39, 0.29) is 34.9 Å². The molecule has 1 aromatic carbocycles. The van der Waals surface area contributed by atoms with E-state index in [1.165, 1.54) is 11.1 Å². The zero-order chi connectivity index (χ0) is 23.9. The lowest BCUT2D eigenvalue weighted by Gasteiger charge is -2.61. The number of cyclic esters (lactones) is 2. The van der Waals surface area contributed by atoms with Crippen molar-refractivity contribution in [3.63, 3.8) is 0 Å². The summed E-state index contributed by atoms with van der Waals surface area (Å²) < 4.78 is 16.3. The van der Waals surface area contributed by atoms with Crippen LogP contribution in [0.15, 0.2) is 54.1 Å². The van der Waals surface area contributed by atoms with Crippen molar-refractivity contribution >= 4 is 12.1 Å². The summed E-state index contributed by atoms with van der Waals surface area (Å²) in [6.45, 7) is 10.5. The van der Waals surface area contributed by atoms with E-state index in [0.717, 1.165) is 37.7 Å². The predicted molar refractivity (Wildman–Crippen MR) is 128 cm³/mol. The number of benzene rings is 1. The number of carbonyl (C=O) groups excluding carboxylic acids is 2. The Hall–Kier alpha value is -2.60. The van der Waals surface area contributed by atoms with Crippen molar-refractivity contribution in [3.05, 3.63) is 59.7 Å². The fourth-order valence-electron chi connectivity index (χ4n) is 7.21. The van der Waals surface area contributed by atoms with Crippen LogP contribution in [0.25, 0.3) is 0 Å². The van der Waals surface area contributed by atoms with Crippen molar-refractivity contribution in [2.24, 2.45) is 22.7 Å². The highest BCUT2D eigenvalue weighted by atomic mass is 16.7. The van der Waals surface area contributed by atoms with Gasteiger partial charge < -0.3 is 19.5 Å². The van der Waals surface area contributed by atoms with E-state index < -0.39 is 6.16 Å². The van der Waals surface area contributed by atoms with E-state index in [4.69, 9.17) is 14.2 Å². The van der Waals surface area contributed by atoms with Gasteiger partial charge in [-0.05, 0) is 61.0 Å². The van der Waals surface area contributed by atoms with Crippen LogP contribution in [0, 0.1) is 22.7 Å². The van der Waals surface area contributed by atoms with E-state index >= 15 is 0 Å². The molecule has 182 valence electrons. The fraction of sp³-hybridized carbons (Fsp3) is 0.571. The molecule has 5 rings (SSSR count). The highest BCUT2D eigenvalue weighted by Gasteiger charge is 2.61. The zero-order valence-electron chi connectivity index (χ0n) is 20.2. The Bertz CT molecular complexity index is 1000. The third-order valence-corrected chi connectivity index (χ3v) is 9.05. The summed E-state index contributed by atoms with van der Waals surface area (Å²) in [6, 6.07) is 10.1. The van der Waals surface area contributed by atoms with Gasteiger partial charge in [-0.2, -0.15) is 0 Å². The summed E-state index contributed by atoms with van der Waals surface area (Å²) in [6.07, 6.45) is 5.82. The number of ether oxygens (including phenoxy) is 3. The molecule has 2 aliphatic heterocycles. The van der Waals surface area contributed by atoms with Gasteiger partial charge in [-0.1, -0.05) is 56.3 Å². The summed E-state index contributed by atoms with van der Waals surface area (Å²) >= 11 is 0. The van der Waals surface area contributed by atoms with E-state index in [2.05, 4.69) is 37.9 Å². The van der Waals surface area contributed by atoms with Gasteiger partial charge in [0.05, 0.1) is 5.57 Å². The molecule has 6 nitrogen and oxygen atoms in total. The SMILES string of the molecule is C=C1CCC2[C@](C)(CC[C@H]3OC(=O)OC[C@@]23C)[C@@H]1CC(NCc1ccccc1)C1=CCOC1=O. The number of allylic oxidation sites excluding steroid dienone is 1. The molecule has 0 aromatic heterocycles. The second kappa shape index (κ2) is 8.88. The van der Waals surface area contributed by atoms with Crippen LogP contribution in [0.4, 0.5) is 4.79 Å². The maximum atomic E-state index is 12.6. The van der Waals surface area contributed by atoms with Crippen LogP contribution in [0.5, 0.6) is 0 Å². The highest BCUT2D eigenvalue weighted by Crippen LogP contribution is 2.63. The lowest BCUT2D eigenvalue weighted by molar-refractivity contribution is -0.193. The minimum Gasteiger partial charge on any atom is -0.458 e. The van der Waals surface area contributed by atoms with Crippen LogP contribution in [0.2, 0.25) is 0 Å². The second-order valence-corrected chi connectivity index (χ2v) is 10.9. The molecule has 1 aromatic rings. The first-order valence-electron chi connectivity index (χ1n) is 12.5. The van der Waals surface area contributed by atoms with Crippen molar-refractivity contribution in [2.45, 2.75) is 64.6 Å². The third-order valence-electron chi connectivity index (χ3n) is 9.05. The third kappa shape index (κ3) is 3.96. The standard InChI is InChI=1S/C28H35NO5/c1-18-9-10-23-27(2,13-11-24-28(23,3)17-33-26(31)34-24)21(18)15-22(20-12-14-32-25(20)30)29-16-19-7-5-4-6-8-19/h4-8,12,21-24,29H,1,9-11,13-17H2,2-3H3/t21-,22?,23?,24-,27-,28+/m1/s1. The maximum absolute atomic E-state index is 12.6. The number of hydrogen-bond acceptors (Lipinski definition) is 6. The van der Waals surface area contributed by atoms with Crippen LogP contribution in [-0.2, 0) is 25.5 Å². The van der Waals surface area contributed by atoms with E-state index in [0.29, 0.717) is 25.7 Å². The molecule has 0 radical (unpaired) electrons. The molecule has 2 heterocycles. The molecule has 1 N–H and O–H groups in total. The number of hydrogen-bond donors (Lipinski definition) is 1. The van der Waals surface area contributed by atoms with Crippen molar-refractivity contribution in [2.75, 3.05) is 13.2 Å². The van der Waals surface area contributed by atoms with Gasteiger partial charge in [-0.25, -0.2) is 9.59 Å². The van der Waals surface area contributed by atoms with E-state index in [1.54, 1.807) is 0 Å². The number of rotatable bonds is 6. The van der Waals surface area contributed by atoms with Gasteiger partial charge in [-0.15, -0.1) is 0 Å². The largest absolute Gasteiger partial charge is 0.508 e. The zero-order valence-corrected chi connectivity index (χ0v) is 20.2. The maximum Gasteiger partial charge on any atom is 0.508 e. The first-order valence-corrected chi connectivity index (χ1v) is 12.5. The van der Waals surface area contributed by atoms with Gasteiger partial charge >= 0.3 is 12.1 Å². The fourth-order valence-corrected chi connectivity index (χ4v) is 7.21. The Morgan fingerprint density at radius 3 is 2.65 bits per heavy atom. The first kappa shape index (κ1) is 23.2. The number of carbonyl (C=O) groups is 2. The van der Waals surface area contributed by atoms with Crippen molar-refractivity contribution < 1.29 is 23.8 Å². The minimum absolute atomic E-state index is 0.0105. The molecule has 0 amide bonds. The van der Waals surface area contributed by atoms with Crippen LogP contribution >= 0.6 is 0 Å². The van der Waals surface area contributed by atoms with Gasteiger partial charge in [0, 0.05) is 18.0 Å². The van der Waals surface area contributed by atoms with Gasteiger partial charge in [0.2, 0.25) is 0 Å². The predicted octanol–water partition coefficient (Wildman–Crippen LogP) is 4.94. The average Bonchev–Trinajstić information content (AvgIpc) is 3.25. The normalized spacial score (nSPS) is 35.9. The molecule has 2 unspecified atom stereocenters. The molecule has 6 heteroatoms. The average molecular weight is 466 g/mol. The van der Waals surface area contributed by atoms with Crippen LogP contribution < -0.4 is 5.32 Å². The van der Waals surface area contributed by atoms with E-state index in [1.807, 2.05) is 24.3 Å². The molecular formula is C28H35NO5. The highest BCUT2D eigenvalue weighted by molar-refractivity contribution is 5.91. The molecular weight excluding hydrogens is 430 g/mol. The molecule has 1 saturated heterocycles. The van der Waals surface area contributed by atoms with Crippen LogP contribution in [-0.4, -0.2) is 37.5 Å². The lowest BCUT2D eigenvalue weighted by Crippen LogP contribution is -2.61. The molecule has 3 fully saturated rings. The Balaban J connectivity index is 1.41. The van der Waals surface area contributed by atoms with Crippen molar-refractivity contribution in [3.8, 4) is 0 Å². The number of nitrogens with one attached hydrogen (secondary N) is 1. The van der Waals surface area contributed by atoms with Gasteiger partial charge in [0.15, 0.2) is 0 Å². The Labute approximate surface area is 201 Å². The summed E-state index contributed by atoms with van der Waals surface area (Å²) in [7, 11) is 0. The van der Waals surface area contributed by atoms with Crippen LogP contribution in [0.1, 0.15) is 51.5 Å². The monoisotopic (exact) mass is 465 g/mol. The Morgan fingerprint density at radius 1 is 1.12 bits per heavy atom. The van der Waals surface area contributed by atoms with Gasteiger partial charge in [0.1, 0.15) is 19.3 Å².